The van der Waals surface area contributed by atoms with Gasteiger partial charge in [0.05, 0.1) is 18.3 Å². The number of amides is 1. The van der Waals surface area contributed by atoms with Crippen molar-refractivity contribution in [1.82, 2.24) is 20.3 Å². The van der Waals surface area contributed by atoms with E-state index >= 15 is 0 Å². The molecule has 0 aliphatic carbocycles. The number of nitrogens with zero attached hydrogens (tertiary/aromatic N) is 3. The van der Waals surface area contributed by atoms with Gasteiger partial charge in [-0.05, 0) is 12.8 Å². The van der Waals surface area contributed by atoms with E-state index < -0.39 is 11.5 Å². The fraction of sp³-hybridized carbons (Fsp3) is 0.636. The Morgan fingerprint density at radius 2 is 2.11 bits per heavy atom. The van der Waals surface area contributed by atoms with Crippen molar-refractivity contribution in [3.8, 4) is 0 Å². The van der Waals surface area contributed by atoms with Gasteiger partial charge < -0.3 is 16.2 Å². The molecule has 1 amide bonds. The van der Waals surface area contributed by atoms with Crippen LogP contribution in [0.25, 0.3) is 0 Å². The molecule has 8 nitrogen and oxygen atoms in total. The van der Waals surface area contributed by atoms with E-state index in [2.05, 4.69) is 15.6 Å². The summed E-state index contributed by atoms with van der Waals surface area (Å²) in [6, 6.07) is 0. The van der Waals surface area contributed by atoms with E-state index in [1.807, 2.05) is 13.8 Å². The molecule has 0 radical (unpaired) electrons. The molecule has 0 bridgehead atoms. The Hall–Kier alpha value is -1.96. The van der Waals surface area contributed by atoms with Gasteiger partial charge in [-0.2, -0.15) is 0 Å². The lowest BCUT2D eigenvalue weighted by Crippen LogP contribution is -2.52. The van der Waals surface area contributed by atoms with Crippen molar-refractivity contribution < 1.29 is 14.7 Å². The van der Waals surface area contributed by atoms with Crippen LogP contribution in [0.1, 0.15) is 32.4 Å². The van der Waals surface area contributed by atoms with Crippen molar-refractivity contribution >= 4 is 11.9 Å². The molecule has 0 aliphatic rings. The zero-order valence-electron chi connectivity index (χ0n) is 11.1. The molecular formula is C11H19N5O3. The number of nitrogens with two attached hydrogens (primary N) is 1. The first-order chi connectivity index (χ1) is 8.91. The molecular weight excluding hydrogens is 250 g/mol. The molecule has 1 aromatic heterocycles. The molecule has 0 aromatic carbocycles. The summed E-state index contributed by atoms with van der Waals surface area (Å²) in [5, 5.41) is 18.7. The molecule has 4 N–H and O–H groups in total. The minimum atomic E-state index is -1.00. The van der Waals surface area contributed by atoms with E-state index in [4.69, 9.17) is 10.8 Å². The summed E-state index contributed by atoms with van der Waals surface area (Å²) in [4.78, 5) is 22.4. The summed E-state index contributed by atoms with van der Waals surface area (Å²) in [6.07, 6.45) is 2.56. The highest BCUT2D eigenvalue weighted by Crippen LogP contribution is 2.11. The molecule has 0 fully saturated rings. The summed E-state index contributed by atoms with van der Waals surface area (Å²) >= 11 is 0. The van der Waals surface area contributed by atoms with Crippen molar-refractivity contribution in [2.24, 2.45) is 5.73 Å². The first-order valence-electron chi connectivity index (χ1n) is 6.09. The van der Waals surface area contributed by atoms with Gasteiger partial charge in [0.15, 0.2) is 0 Å². The second-order valence-electron chi connectivity index (χ2n) is 4.35. The highest BCUT2D eigenvalue weighted by Gasteiger charge is 2.29. The maximum Gasteiger partial charge on any atom is 0.325 e. The van der Waals surface area contributed by atoms with Gasteiger partial charge in [-0.25, -0.2) is 4.68 Å². The monoisotopic (exact) mass is 269 g/mol. The van der Waals surface area contributed by atoms with Crippen molar-refractivity contribution in [2.75, 3.05) is 0 Å². The van der Waals surface area contributed by atoms with E-state index in [0.717, 1.165) is 0 Å². The highest BCUT2D eigenvalue weighted by molar-refractivity contribution is 5.85. The number of hydrogen-bond acceptors (Lipinski definition) is 5. The molecule has 0 saturated heterocycles. The minimum Gasteiger partial charge on any atom is -0.480 e. The largest absolute Gasteiger partial charge is 0.480 e. The lowest BCUT2D eigenvalue weighted by atomic mass is 9.93. The molecule has 0 spiro atoms. The Bertz CT molecular complexity index is 453. The van der Waals surface area contributed by atoms with Crippen LogP contribution < -0.4 is 11.1 Å². The maximum atomic E-state index is 11.9. The number of carbonyl (C=O) groups is 2. The van der Waals surface area contributed by atoms with Gasteiger partial charge >= 0.3 is 5.97 Å². The van der Waals surface area contributed by atoms with Crippen molar-refractivity contribution in [2.45, 2.75) is 45.3 Å². The van der Waals surface area contributed by atoms with Crippen LogP contribution in [0.2, 0.25) is 0 Å². The second kappa shape index (κ2) is 6.28. The Morgan fingerprint density at radius 3 is 2.63 bits per heavy atom. The summed E-state index contributed by atoms with van der Waals surface area (Å²) in [7, 11) is 0. The topological polar surface area (TPSA) is 123 Å². The zero-order chi connectivity index (χ0) is 14.5. The normalized spacial score (nSPS) is 11.3. The molecule has 0 aliphatic heterocycles. The van der Waals surface area contributed by atoms with Crippen molar-refractivity contribution in [1.29, 1.82) is 0 Å². The lowest BCUT2D eigenvalue weighted by Gasteiger charge is -2.24. The summed E-state index contributed by atoms with van der Waals surface area (Å²) < 4.78 is 1.19. The molecule has 19 heavy (non-hydrogen) atoms. The van der Waals surface area contributed by atoms with Crippen LogP contribution in [-0.4, -0.2) is 37.5 Å². The van der Waals surface area contributed by atoms with Crippen LogP contribution in [0.5, 0.6) is 0 Å². The fourth-order valence-electron chi connectivity index (χ4n) is 1.55. The summed E-state index contributed by atoms with van der Waals surface area (Å²) in [5.41, 5.74) is 5.56. The van der Waals surface area contributed by atoms with Crippen molar-refractivity contribution in [3.63, 3.8) is 0 Å². The van der Waals surface area contributed by atoms with Gasteiger partial charge in [0.25, 0.3) is 0 Å². The highest BCUT2D eigenvalue weighted by atomic mass is 16.4. The Kier molecular flexibility index (Phi) is 4.99. The molecule has 0 unspecified atom stereocenters. The van der Waals surface area contributed by atoms with Crippen LogP contribution >= 0.6 is 0 Å². The SMILES string of the molecule is CCC(N)(CC)C(=O)NCc1cn(CC(=O)O)nn1. The van der Waals surface area contributed by atoms with Gasteiger partial charge in [-0.1, -0.05) is 19.1 Å². The minimum absolute atomic E-state index is 0.178. The van der Waals surface area contributed by atoms with Gasteiger partial charge in [-0.3, -0.25) is 9.59 Å². The van der Waals surface area contributed by atoms with Crippen LogP contribution in [0, 0.1) is 0 Å². The van der Waals surface area contributed by atoms with E-state index in [1.165, 1.54) is 10.9 Å². The van der Waals surface area contributed by atoms with Gasteiger partial charge in [-0.15, -0.1) is 5.10 Å². The number of nitrogens with one attached hydrogen (secondary N) is 1. The number of hydrogen-bond donors (Lipinski definition) is 3. The van der Waals surface area contributed by atoms with E-state index in [9.17, 15) is 9.59 Å². The number of carbonyl (C=O) groups excluding carboxylic acids is 1. The van der Waals surface area contributed by atoms with E-state index in [-0.39, 0.29) is 19.0 Å². The van der Waals surface area contributed by atoms with Gasteiger partial charge in [0.1, 0.15) is 12.2 Å². The van der Waals surface area contributed by atoms with Crippen LogP contribution in [0.3, 0.4) is 0 Å². The molecule has 1 aromatic rings. The van der Waals surface area contributed by atoms with Crippen LogP contribution in [-0.2, 0) is 22.7 Å². The second-order valence-corrected chi connectivity index (χ2v) is 4.35. The molecule has 1 rings (SSSR count). The number of rotatable bonds is 7. The third-order valence-corrected chi connectivity index (χ3v) is 3.03. The number of carboxylic acids is 1. The third-order valence-electron chi connectivity index (χ3n) is 3.03. The fourth-order valence-corrected chi connectivity index (χ4v) is 1.55. The van der Waals surface area contributed by atoms with E-state index in [0.29, 0.717) is 18.5 Å². The molecule has 1 heterocycles. The predicted molar refractivity (Wildman–Crippen MR) is 67.0 cm³/mol. The van der Waals surface area contributed by atoms with Gasteiger partial charge in [0.2, 0.25) is 5.91 Å². The third kappa shape index (κ3) is 4.02. The first kappa shape index (κ1) is 15.1. The number of aromatic nitrogens is 3. The van der Waals surface area contributed by atoms with E-state index in [1.54, 1.807) is 0 Å². The predicted octanol–water partition coefficient (Wildman–Crippen LogP) is -0.504. The zero-order valence-corrected chi connectivity index (χ0v) is 11.1. The Labute approximate surface area is 111 Å². The Balaban J connectivity index is 2.55. The molecule has 8 heteroatoms. The summed E-state index contributed by atoms with van der Waals surface area (Å²) in [6.45, 7) is 3.63. The summed E-state index contributed by atoms with van der Waals surface area (Å²) in [5.74, 6) is -1.25. The smallest absolute Gasteiger partial charge is 0.325 e. The standard InChI is InChI=1S/C11H19N5O3/c1-3-11(12,4-2)10(19)13-5-8-6-16(15-14-8)7-9(17)18/h6H,3-5,7,12H2,1-2H3,(H,13,19)(H,17,18). The maximum absolute atomic E-state index is 11.9. The van der Waals surface area contributed by atoms with Gasteiger partial charge in [0, 0.05) is 0 Å². The molecule has 0 saturated carbocycles. The van der Waals surface area contributed by atoms with Crippen LogP contribution in [0.15, 0.2) is 6.20 Å². The Morgan fingerprint density at radius 1 is 1.47 bits per heavy atom. The quantitative estimate of drug-likeness (QED) is 0.613. The molecule has 106 valence electrons. The average Bonchev–Trinajstić information content (AvgIpc) is 2.81. The molecule has 0 atom stereocenters. The number of aliphatic carboxylic acids is 1. The van der Waals surface area contributed by atoms with Crippen LogP contribution in [0.4, 0.5) is 0 Å². The van der Waals surface area contributed by atoms with Crippen molar-refractivity contribution in [3.05, 3.63) is 11.9 Å². The number of carboxylic acid groups (broad SMARTS) is 1. The first-order valence-corrected chi connectivity index (χ1v) is 6.09. The lowest BCUT2D eigenvalue weighted by molar-refractivity contribution is -0.138. The average molecular weight is 269 g/mol.